The van der Waals surface area contributed by atoms with Crippen molar-refractivity contribution in [2.24, 2.45) is 0 Å². The summed E-state index contributed by atoms with van der Waals surface area (Å²) < 4.78 is 22.7. The average Bonchev–Trinajstić information content (AvgIpc) is 3.41. The lowest BCUT2D eigenvalue weighted by Gasteiger charge is -2.26. The summed E-state index contributed by atoms with van der Waals surface area (Å²) in [6.07, 6.45) is 72.5. The van der Waals surface area contributed by atoms with Gasteiger partial charge in [0.05, 0.1) is 40.3 Å². The van der Waals surface area contributed by atoms with Gasteiger partial charge < -0.3 is 33.3 Å². The van der Waals surface area contributed by atoms with Gasteiger partial charge in [-0.3, -0.25) is 9.59 Å². The highest BCUT2D eigenvalue weighted by molar-refractivity contribution is 5.70. The number of quaternary nitrogens is 1. The number of esters is 2. The zero-order valence-corrected chi connectivity index (χ0v) is 52.3. The standard InChI is InChI=1S/C69H129NO8/c1-6-8-10-12-14-16-18-20-22-24-25-26-27-28-29-30-31-32-33-34-35-36-37-38-39-40-41-42-44-45-47-49-51-53-55-57-59-66(71)76-63-65(64-77-69(68(73)74)75-62-61-70(3,4)5)78-67(72)60-58-56-54-52-50-48-46-43-23-21-19-17-15-13-11-9-7-2/h9,11,15,17,21,23,65,69H,6-8,10,12-14,16,18-20,22,24-64H2,1-5H3/b11-9-,17-15-,23-21-. The van der Waals surface area contributed by atoms with Crippen LogP contribution in [0, 0.1) is 0 Å². The summed E-state index contributed by atoms with van der Waals surface area (Å²) in [6.45, 7) is 4.67. The number of ether oxygens (including phenoxy) is 4. The Kier molecular flexibility index (Phi) is 58.7. The molecule has 0 fully saturated rings. The molecule has 0 radical (unpaired) electrons. The second kappa shape index (κ2) is 60.6. The molecule has 9 nitrogen and oxygen atoms in total. The number of carbonyl (C=O) groups excluding carboxylic acids is 3. The minimum atomic E-state index is -1.62. The second-order valence-corrected chi connectivity index (χ2v) is 24.1. The lowest BCUT2D eigenvalue weighted by Crippen LogP contribution is -2.44. The summed E-state index contributed by atoms with van der Waals surface area (Å²) >= 11 is 0. The van der Waals surface area contributed by atoms with E-state index in [0.717, 1.165) is 64.2 Å². The molecule has 0 bridgehead atoms. The van der Waals surface area contributed by atoms with Crippen LogP contribution in [0.5, 0.6) is 0 Å². The van der Waals surface area contributed by atoms with Gasteiger partial charge in [-0.15, -0.1) is 0 Å². The Balaban J connectivity index is 3.96. The summed E-state index contributed by atoms with van der Waals surface area (Å²) in [4.78, 5) is 37.3. The molecule has 0 amide bonds. The second-order valence-electron chi connectivity index (χ2n) is 24.1. The van der Waals surface area contributed by atoms with Crippen molar-refractivity contribution in [3.05, 3.63) is 36.5 Å². The Morgan fingerprint density at radius 1 is 0.397 bits per heavy atom. The van der Waals surface area contributed by atoms with E-state index in [4.69, 9.17) is 18.9 Å². The van der Waals surface area contributed by atoms with Crippen molar-refractivity contribution in [1.82, 2.24) is 0 Å². The van der Waals surface area contributed by atoms with Crippen LogP contribution in [0.2, 0.25) is 0 Å². The molecule has 0 aliphatic heterocycles. The Morgan fingerprint density at radius 2 is 0.731 bits per heavy atom. The van der Waals surface area contributed by atoms with Gasteiger partial charge in [-0.25, -0.2) is 0 Å². The fraction of sp³-hybridized carbons (Fsp3) is 0.870. The lowest BCUT2D eigenvalue weighted by molar-refractivity contribution is -0.870. The third-order valence-electron chi connectivity index (χ3n) is 15.2. The highest BCUT2D eigenvalue weighted by atomic mass is 16.7. The SMILES string of the molecule is CC/C=C\C/C=C\C/C=C\CCCCCCCCCC(=O)OC(COC(=O)CCCCCCCCCCCCCCCCCCCCCCCCCCCCCCCCCCCCCC)COC(OCC[N+](C)(C)C)C(=O)[O-]. The molecule has 0 aliphatic carbocycles. The summed E-state index contributed by atoms with van der Waals surface area (Å²) in [5, 5.41) is 11.8. The first-order valence-electron chi connectivity index (χ1n) is 33.6. The third kappa shape index (κ3) is 61.1. The summed E-state index contributed by atoms with van der Waals surface area (Å²) in [5.74, 6) is -2.28. The Labute approximate surface area is 483 Å². The molecule has 0 rings (SSSR count). The fourth-order valence-corrected chi connectivity index (χ4v) is 10.0. The van der Waals surface area contributed by atoms with Crippen LogP contribution >= 0.6 is 0 Å². The fourth-order valence-electron chi connectivity index (χ4n) is 10.0. The van der Waals surface area contributed by atoms with Gasteiger partial charge in [0.25, 0.3) is 0 Å². The first-order valence-corrected chi connectivity index (χ1v) is 33.6. The van der Waals surface area contributed by atoms with Crippen LogP contribution in [0.25, 0.3) is 0 Å². The maximum absolute atomic E-state index is 12.9. The number of nitrogens with zero attached hydrogens (tertiary/aromatic N) is 1. The van der Waals surface area contributed by atoms with E-state index < -0.39 is 24.3 Å². The van der Waals surface area contributed by atoms with Crippen LogP contribution in [-0.4, -0.2) is 82.3 Å². The molecular weight excluding hydrogens is 971 g/mol. The van der Waals surface area contributed by atoms with Gasteiger partial charge in [0.2, 0.25) is 0 Å². The summed E-state index contributed by atoms with van der Waals surface area (Å²) in [7, 11) is 5.93. The van der Waals surface area contributed by atoms with Crippen LogP contribution in [0.4, 0.5) is 0 Å². The number of unbranched alkanes of at least 4 members (excludes halogenated alkanes) is 42. The van der Waals surface area contributed by atoms with Crippen LogP contribution < -0.4 is 5.11 Å². The van der Waals surface area contributed by atoms with Gasteiger partial charge in [-0.1, -0.05) is 307 Å². The third-order valence-corrected chi connectivity index (χ3v) is 15.2. The van der Waals surface area contributed by atoms with Crippen molar-refractivity contribution in [2.75, 3.05) is 47.5 Å². The maximum Gasteiger partial charge on any atom is 0.306 e. The largest absolute Gasteiger partial charge is 0.545 e. The Hall–Kier alpha value is -2.49. The van der Waals surface area contributed by atoms with Crippen molar-refractivity contribution >= 4 is 17.9 Å². The van der Waals surface area contributed by atoms with Gasteiger partial charge in [-0.05, 0) is 44.9 Å². The van der Waals surface area contributed by atoms with Gasteiger partial charge in [0.15, 0.2) is 12.4 Å². The van der Waals surface area contributed by atoms with Crippen LogP contribution in [0.15, 0.2) is 36.5 Å². The topological polar surface area (TPSA) is 111 Å². The summed E-state index contributed by atoms with van der Waals surface area (Å²) in [5.41, 5.74) is 0. The van der Waals surface area contributed by atoms with Gasteiger partial charge in [0, 0.05) is 12.8 Å². The number of carboxylic acids is 1. The van der Waals surface area contributed by atoms with E-state index in [1.807, 2.05) is 21.1 Å². The Morgan fingerprint density at radius 3 is 1.09 bits per heavy atom. The van der Waals surface area contributed by atoms with Crippen molar-refractivity contribution in [1.29, 1.82) is 0 Å². The van der Waals surface area contributed by atoms with E-state index in [-0.39, 0.29) is 32.2 Å². The average molecular weight is 1100 g/mol. The number of hydrogen-bond donors (Lipinski definition) is 0. The van der Waals surface area contributed by atoms with E-state index in [2.05, 4.69) is 50.3 Å². The van der Waals surface area contributed by atoms with E-state index >= 15 is 0 Å². The molecule has 0 aliphatic rings. The maximum atomic E-state index is 12.9. The minimum Gasteiger partial charge on any atom is -0.545 e. The predicted octanol–water partition coefficient (Wildman–Crippen LogP) is 19.1. The highest BCUT2D eigenvalue weighted by Gasteiger charge is 2.22. The molecule has 0 aromatic heterocycles. The molecule has 0 saturated carbocycles. The zero-order chi connectivity index (χ0) is 56.9. The van der Waals surface area contributed by atoms with Crippen molar-refractivity contribution < 1.29 is 42.9 Å². The quantitative estimate of drug-likeness (QED) is 0.0195. The first-order chi connectivity index (χ1) is 38.1. The van der Waals surface area contributed by atoms with Crippen molar-refractivity contribution in [3.63, 3.8) is 0 Å². The van der Waals surface area contributed by atoms with E-state index in [9.17, 15) is 19.5 Å². The number of carbonyl (C=O) groups is 3. The highest BCUT2D eigenvalue weighted by Crippen LogP contribution is 2.19. The van der Waals surface area contributed by atoms with E-state index in [1.165, 1.54) is 231 Å². The van der Waals surface area contributed by atoms with Gasteiger partial charge in [-0.2, -0.15) is 0 Å². The van der Waals surface area contributed by atoms with Crippen LogP contribution in [0.3, 0.4) is 0 Å². The predicted molar refractivity (Wildman–Crippen MR) is 329 cm³/mol. The van der Waals surface area contributed by atoms with Gasteiger partial charge in [0.1, 0.15) is 13.2 Å². The smallest absolute Gasteiger partial charge is 0.306 e. The van der Waals surface area contributed by atoms with Crippen LogP contribution in [-0.2, 0) is 33.3 Å². The number of carboxylic acid groups (broad SMARTS) is 1. The minimum absolute atomic E-state index is 0.147. The number of rotatable bonds is 63. The Bertz CT molecular complexity index is 1370. The number of likely N-dealkylation sites (N-methyl/N-ethyl adjacent to an activating group) is 1. The molecule has 78 heavy (non-hydrogen) atoms. The van der Waals surface area contributed by atoms with Crippen molar-refractivity contribution in [2.45, 2.75) is 341 Å². The number of hydrogen-bond acceptors (Lipinski definition) is 8. The first kappa shape index (κ1) is 75.5. The molecule has 0 spiro atoms. The monoisotopic (exact) mass is 1100 g/mol. The molecule has 0 aromatic carbocycles. The molecule has 0 N–H and O–H groups in total. The van der Waals surface area contributed by atoms with Crippen LogP contribution in [0.1, 0.15) is 328 Å². The molecule has 458 valence electrons. The molecule has 2 atom stereocenters. The molecule has 0 heterocycles. The normalized spacial score (nSPS) is 12.9. The molecule has 0 aromatic rings. The molecule has 0 saturated heterocycles. The molecule has 2 unspecified atom stereocenters. The zero-order valence-electron chi connectivity index (χ0n) is 52.3. The van der Waals surface area contributed by atoms with Crippen molar-refractivity contribution in [3.8, 4) is 0 Å². The molecule has 9 heteroatoms. The summed E-state index contributed by atoms with van der Waals surface area (Å²) in [6, 6.07) is 0. The number of aliphatic carboxylic acids is 1. The van der Waals surface area contributed by atoms with E-state index in [1.54, 1.807) is 0 Å². The van der Waals surface area contributed by atoms with E-state index in [0.29, 0.717) is 23.9 Å². The van der Waals surface area contributed by atoms with Gasteiger partial charge >= 0.3 is 11.9 Å². The number of allylic oxidation sites excluding steroid dienone is 6. The molecular formula is C69H129NO8. The lowest BCUT2D eigenvalue weighted by atomic mass is 10.0.